The lowest BCUT2D eigenvalue weighted by molar-refractivity contribution is -0.135. The van der Waals surface area contributed by atoms with Gasteiger partial charge >= 0.3 is 5.97 Å². The molecule has 0 aromatic heterocycles. The molecule has 0 radical (unpaired) electrons. The minimum Gasteiger partial charge on any atom is -0.497 e. The molecule has 0 bridgehead atoms. The van der Waals surface area contributed by atoms with Crippen molar-refractivity contribution >= 4 is 5.97 Å². The Kier molecular flexibility index (Phi) is 4.79. The maximum absolute atomic E-state index is 12.1. The van der Waals surface area contributed by atoms with Crippen molar-refractivity contribution in [1.29, 1.82) is 0 Å². The molecule has 1 unspecified atom stereocenters. The molecule has 1 heterocycles. The van der Waals surface area contributed by atoms with Gasteiger partial charge in [0.15, 0.2) is 0 Å². The third kappa shape index (κ3) is 3.80. The van der Waals surface area contributed by atoms with E-state index in [0.29, 0.717) is 24.5 Å². The summed E-state index contributed by atoms with van der Waals surface area (Å²) in [6.45, 7) is 0.505. The SMILES string of the molecule is COc1ccc2c(c1)OC(=O)CC2c1cccc(OCc2ccccc2)c1. The fourth-order valence-corrected chi connectivity index (χ4v) is 3.32. The summed E-state index contributed by atoms with van der Waals surface area (Å²) in [5.41, 5.74) is 3.13. The van der Waals surface area contributed by atoms with Gasteiger partial charge in [0.2, 0.25) is 0 Å². The van der Waals surface area contributed by atoms with Gasteiger partial charge in [-0.05, 0) is 29.3 Å². The summed E-state index contributed by atoms with van der Waals surface area (Å²) < 4.78 is 16.6. The Morgan fingerprint density at radius 3 is 2.63 bits per heavy atom. The Bertz CT molecular complexity index is 950. The van der Waals surface area contributed by atoms with E-state index < -0.39 is 0 Å². The van der Waals surface area contributed by atoms with Crippen LogP contribution < -0.4 is 14.2 Å². The average Bonchev–Trinajstić information content (AvgIpc) is 2.72. The number of rotatable bonds is 5. The van der Waals surface area contributed by atoms with Crippen LogP contribution in [0, 0.1) is 0 Å². The first-order valence-corrected chi connectivity index (χ1v) is 8.88. The fourth-order valence-electron chi connectivity index (χ4n) is 3.32. The molecular formula is C23H20O4. The van der Waals surface area contributed by atoms with E-state index in [1.165, 1.54) is 0 Å². The van der Waals surface area contributed by atoms with Crippen LogP contribution >= 0.6 is 0 Å². The molecule has 4 rings (SSSR count). The first-order chi connectivity index (χ1) is 13.2. The molecule has 1 aliphatic heterocycles. The lowest BCUT2D eigenvalue weighted by Crippen LogP contribution is -2.21. The van der Waals surface area contributed by atoms with Gasteiger partial charge in [0.05, 0.1) is 13.5 Å². The van der Waals surface area contributed by atoms with Gasteiger partial charge < -0.3 is 14.2 Å². The van der Waals surface area contributed by atoms with Crippen LogP contribution in [0.5, 0.6) is 17.2 Å². The lowest BCUT2D eigenvalue weighted by Gasteiger charge is -2.25. The highest BCUT2D eigenvalue weighted by Crippen LogP contribution is 2.41. The van der Waals surface area contributed by atoms with Gasteiger partial charge in [0.1, 0.15) is 23.9 Å². The molecule has 0 fully saturated rings. The summed E-state index contributed by atoms with van der Waals surface area (Å²) >= 11 is 0. The zero-order valence-corrected chi connectivity index (χ0v) is 15.1. The molecule has 0 saturated carbocycles. The molecule has 0 spiro atoms. The Balaban J connectivity index is 1.59. The summed E-state index contributed by atoms with van der Waals surface area (Å²) in [7, 11) is 1.59. The Labute approximate surface area is 158 Å². The zero-order valence-electron chi connectivity index (χ0n) is 15.1. The molecule has 0 N–H and O–H groups in total. The number of carbonyl (C=O) groups excluding carboxylic acids is 1. The molecule has 0 aliphatic carbocycles. The van der Waals surface area contributed by atoms with Crippen molar-refractivity contribution in [2.24, 2.45) is 0 Å². The van der Waals surface area contributed by atoms with E-state index in [4.69, 9.17) is 14.2 Å². The minimum atomic E-state index is -0.239. The molecular weight excluding hydrogens is 340 g/mol. The molecule has 4 nitrogen and oxygen atoms in total. The smallest absolute Gasteiger partial charge is 0.312 e. The predicted octanol–water partition coefficient (Wildman–Crippen LogP) is 4.72. The second-order valence-corrected chi connectivity index (χ2v) is 6.48. The van der Waals surface area contributed by atoms with Gasteiger partial charge in [0, 0.05) is 17.5 Å². The standard InChI is InChI=1S/C23H20O4/c1-25-18-10-11-20-21(14-23(24)27-22(20)13-18)17-8-5-9-19(12-17)26-15-16-6-3-2-4-7-16/h2-13,21H,14-15H2,1H3. The number of hydrogen-bond acceptors (Lipinski definition) is 4. The van der Waals surface area contributed by atoms with Gasteiger partial charge in [-0.3, -0.25) is 4.79 Å². The van der Waals surface area contributed by atoms with Crippen LogP contribution in [0.15, 0.2) is 72.8 Å². The van der Waals surface area contributed by atoms with E-state index >= 15 is 0 Å². The molecule has 1 atom stereocenters. The van der Waals surface area contributed by atoms with Crippen LogP contribution in [0.4, 0.5) is 0 Å². The van der Waals surface area contributed by atoms with Crippen molar-refractivity contribution in [3.63, 3.8) is 0 Å². The Hall–Kier alpha value is -3.27. The van der Waals surface area contributed by atoms with Gasteiger partial charge in [-0.2, -0.15) is 0 Å². The number of benzene rings is 3. The highest BCUT2D eigenvalue weighted by Gasteiger charge is 2.29. The predicted molar refractivity (Wildman–Crippen MR) is 102 cm³/mol. The molecule has 27 heavy (non-hydrogen) atoms. The second kappa shape index (κ2) is 7.54. The maximum atomic E-state index is 12.1. The molecule has 3 aromatic rings. The summed E-state index contributed by atoms with van der Waals surface area (Å²) in [5, 5.41) is 0. The van der Waals surface area contributed by atoms with Crippen molar-refractivity contribution in [2.75, 3.05) is 7.11 Å². The normalized spacial score (nSPS) is 15.6. The van der Waals surface area contributed by atoms with Crippen molar-refractivity contribution < 1.29 is 19.0 Å². The van der Waals surface area contributed by atoms with E-state index in [-0.39, 0.29) is 11.9 Å². The van der Waals surface area contributed by atoms with E-state index in [2.05, 4.69) is 0 Å². The molecule has 136 valence electrons. The van der Waals surface area contributed by atoms with Crippen molar-refractivity contribution in [2.45, 2.75) is 18.9 Å². The monoisotopic (exact) mass is 360 g/mol. The number of methoxy groups -OCH3 is 1. The molecule has 1 aliphatic rings. The molecule has 3 aromatic carbocycles. The highest BCUT2D eigenvalue weighted by molar-refractivity contribution is 5.78. The molecule has 4 heteroatoms. The Morgan fingerprint density at radius 2 is 1.81 bits per heavy atom. The second-order valence-electron chi connectivity index (χ2n) is 6.48. The molecule has 0 saturated heterocycles. The average molecular weight is 360 g/mol. The number of carbonyl (C=O) groups is 1. The van der Waals surface area contributed by atoms with E-state index in [1.807, 2.05) is 66.7 Å². The zero-order chi connectivity index (χ0) is 18.6. The van der Waals surface area contributed by atoms with Gasteiger partial charge in [-0.25, -0.2) is 0 Å². The topological polar surface area (TPSA) is 44.8 Å². The first kappa shape index (κ1) is 17.2. The quantitative estimate of drug-likeness (QED) is 0.488. The Morgan fingerprint density at radius 1 is 0.963 bits per heavy atom. The number of hydrogen-bond donors (Lipinski definition) is 0. The van der Waals surface area contributed by atoms with E-state index in [1.54, 1.807) is 13.2 Å². The first-order valence-electron chi connectivity index (χ1n) is 8.88. The number of ether oxygens (including phenoxy) is 3. The summed E-state index contributed by atoms with van der Waals surface area (Å²) in [5.74, 6) is 1.71. The maximum Gasteiger partial charge on any atom is 0.312 e. The fraction of sp³-hybridized carbons (Fsp3) is 0.174. The number of esters is 1. The summed E-state index contributed by atoms with van der Waals surface area (Å²) in [6, 6.07) is 23.6. The van der Waals surface area contributed by atoms with Crippen LogP contribution in [0.3, 0.4) is 0 Å². The van der Waals surface area contributed by atoms with Gasteiger partial charge in [0.25, 0.3) is 0 Å². The van der Waals surface area contributed by atoms with Crippen molar-refractivity contribution in [1.82, 2.24) is 0 Å². The van der Waals surface area contributed by atoms with Crippen LogP contribution in [-0.4, -0.2) is 13.1 Å². The van der Waals surface area contributed by atoms with Crippen LogP contribution in [0.1, 0.15) is 29.0 Å². The third-order valence-corrected chi connectivity index (χ3v) is 4.70. The van der Waals surface area contributed by atoms with E-state index in [0.717, 1.165) is 22.4 Å². The van der Waals surface area contributed by atoms with Gasteiger partial charge in [-0.1, -0.05) is 48.5 Å². The van der Waals surface area contributed by atoms with E-state index in [9.17, 15) is 4.79 Å². The van der Waals surface area contributed by atoms with Crippen molar-refractivity contribution in [3.05, 3.63) is 89.5 Å². The van der Waals surface area contributed by atoms with Crippen molar-refractivity contribution in [3.8, 4) is 17.2 Å². The minimum absolute atomic E-state index is 0.0626. The molecule has 0 amide bonds. The van der Waals surface area contributed by atoms with Gasteiger partial charge in [-0.15, -0.1) is 0 Å². The highest BCUT2D eigenvalue weighted by atomic mass is 16.5. The van der Waals surface area contributed by atoms with Crippen LogP contribution in [0.2, 0.25) is 0 Å². The van der Waals surface area contributed by atoms with Crippen LogP contribution in [0.25, 0.3) is 0 Å². The third-order valence-electron chi connectivity index (χ3n) is 4.70. The summed E-state index contributed by atoms with van der Waals surface area (Å²) in [4.78, 5) is 12.1. The largest absolute Gasteiger partial charge is 0.497 e. The number of fused-ring (bicyclic) bond motifs is 1. The van der Waals surface area contributed by atoms with Crippen LogP contribution in [-0.2, 0) is 11.4 Å². The lowest BCUT2D eigenvalue weighted by atomic mass is 9.86. The summed E-state index contributed by atoms with van der Waals surface area (Å²) in [6.07, 6.45) is 0.307.